The van der Waals surface area contributed by atoms with Gasteiger partial charge in [-0.1, -0.05) is 6.42 Å². The van der Waals surface area contributed by atoms with Crippen LogP contribution in [0.4, 0.5) is 4.79 Å². The lowest BCUT2D eigenvalue weighted by Gasteiger charge is -2.44. The van der Waals surface area contributed by atoms with Gasteiger partial charge in [-0.05, 0) is 26.3 Å². The van der Waals surface area contributed by atoms with Crippen LogP contribution in [-0.2, 0) is 4.79 Å². The minimum absolute atomic E-state index is 0.387. The number of rotatable bonds is 3. The average Bonchev–Trinajstić information content (AvgIpc) is 2.43. The third-order valence-corrected chi connectivity index (χ3v) is 4.15. The fourth-order valence-corrected chi connectivity index (χ4v) is 2.95. The number of piperidine rings is 1. The molecule has 0 aliphatic carbocycles. The molecule has 2 saturated heterocycles. The predicted molar refractivity (Wildman–Crippen MR) is 72.4 cm³/mol. The fourth-order valence-electron chi connectivity index (χ4n) is 2.95. The minimum atomic E-state index is -1.26. The number of piperazine rings is 1. The molecule has 1 unspecified atom stereocenters. The van der Waals surface area contributed by atoms with E-state index in [1.807, 2.05) is 0 Å². The fraction of sp³-hybridized carbons (Fsp3) is 0.846. The first-order chi connectivity index (χ1) is 9.49. The van der Waals surface area contributed by atoms with Crippen LogP contribution in [0.1, 0.15) is 26.2 Å². The van der Waals surface area contributed by atoms with Gasteiger partial charge < -0.3 is 20.4 Å². The van der Waals surface area contributed by atoms with Gasteiger partial charge in [0.1, 0.15) is 0 Å². The lowest BCUT2D eigenvalue weighted by Crippen LogP contribution is -2.60. The van der Waals surface area contributed by atoms with Crippen molar-refractivity contribution in [3.8, 4) is 0 Å². The van der Waals surface area contributed by atoms with E-state index in [-0.39, 0.29) is 0 Å². The summed E-state index contributed by atoms with van der Waals surface area (Å²) in [4.78, 5) is 27.2. The molecule has 7 heteroatoms. The lowest BCUT2D eigenvalue weighted by molar-refractivity contribution is -0.141. The van der Waals surface area contributed by atoms with Crippen molar-refractivity contribution in [1.82, 2.24) is 15.1 Å². The highest BCUT2D eigenvalue weighted by atomic mass is 16.4. The van der Waals surface area contributed by atoms with E-state index in [9.17, 15) is 14.7 Å². The number of nitrogens with one attached hydrogen (secondary N) is 1. The van der Waals surface area contributed by atoms with Gasteiger partial charge in [0.05, 0.1) is 6.10 Å². The Labute approximate surface area is 118 Å². The van der Waals surface area contributed by atoms with Crippen LogP contribution in [0, 0.1) is 0 Å². The maximum atomic E-state index is 12.1. The number of carbonyl (C=O) groups excluding carboxylic acids is 1. The van der Waals surface area contributed by atoms with Crippen molar-refractivity contribution in [2.75, 3.05) is 26.2 Å². The van der Waals surface area contributed by atoms with Gasteiger partial charge in [0.15, 0.2) is 6.04 Å². The maximum absolute atomic E-state index is 12.1. The second-order valence-corrected chi connectivity index (χ2v) is 5.64. The summed E-state index contributed by atoms with van der Waals surface area (Å²) < 4.78 is 0. The second-order valence-electron chi connectivity index (χ2n) is 5.64. The van der Waals surface area contributed by atoms with Crippen molar-refractivity contribution in [3.05, 3.63) is 0 Å². The van der Waals surface area contributed by atoms with Crippen molar-refractivity contribution < 1.29 is 19.8 Å². The number of carbonyl (C=O) groups is 2. The zero-order valence-corrected chi connectivity index (χ0v) is 11.8. The molecule has 2 fully saturated rings. The third-order valence-electron chi connectivity index (χ3n) is 4.15. The summed E-state index contributed by atoms with van der Waals surface area (Å²) >= 11 is 0. The molecule has 114 valence electrons. The molecule has 2 aliphatic rings. The highest BCUT2D eigenvalue weighted by Crippen LogP contribution is 2.21. The van der Waals surface area contributed by atoms with Crippen LogP contribution in [-0.4, -0.2) is 76.4 Å². The van der Waals surface area contributed by atoms with Gasteiger partial charge in [0.2, 0.25) is 0 Å². The molecule has 0 aromatic rings. The maximum Gasteiger partial charge on any atom is 0.328 e. The zero-order chi connectivity index (χ0) is 14.7. The summed E-state index contributed by atoms with van der Waals surface area (Å²) in [5.41, 5.74) is 0. The van der Waals surface area contributed by atoms with E-state index < -0.39 is 24.1 Å². The molecule has 2 aliphatic heterocycles. The largest absolute Gasteiger partial charge is 0.480 e. The Hall–Kier alpha value is -1.34. The summed E-state index contributed by atoms with van der Waals surface area (Å²) in [5, 5.41) is 20.8. The summed E-state index contributed by atoms with van der Waals surface area (Å²) in [6.07, 6.45) is 2.36. The van der Waals surface area contributed by atoms with Gasteiger partial charge in [0, 0.05) is 25.7 Å². The molecule has 0 aromatic carbocycles. The van der Waals surface area contributed by atoms with Crippen molar-refractivity contribution >= 4 is 12.0 Å². The molecule has 0 bridgehead atoms. The first kappa shape index (κ1) is 15.1. The van der Waals surface area contributed by atoms with Crippen LogP contribution in [0.5, 0.6) is 0 Å². The van der Waals surface area contributed by atoms with Crippen LogP contribution in [0.15, 0.2) is 0 Å². The molecule has 3 atom stereocenters. The number of hydrogen-bond donors (Lipinski definition) is 3. The van der Waals surface area contributed by atoms with E-state index in [4.69, 9.17) is 5.11 Å². The summed E-state index contributed by atoms with van der Waals surface area (Å²) in [5.74, 6) is -1.22. The number of urea groups is 1. The number of amides is 2. The number of aliphatic carboxylic acids is 1. The van der Waals surface area contributed by atoms with Gasteiger partial charge in [-0.2, -0.15) is 0 Å². The smallest absolute Gasteiger partial charge is 0.328 e. The van der Waals surface area contributed by atoms with E-state index >= 15 is 0 Å². The summed E-state index contributed by atoms with van der Waals surface area (Å²) in [6.45, 7) is 4.53. The van der Waals surface area contributed by atoms with E-state index in [0.717, 1.165) is 19.5 Å². The summed E-state index contributed by atoms with van der Waals surface area (Å²) in [6, 6.07) is -1.27. The first-order valence-corrected chi connectivity index (χ1v) is 7.19. The Bertz CT molecular complexity index is 375. The number of fused-ring (bicyclic) bond motifs is 1. The van der Waals surface area contributed by atoms with Crippen LogP contribution in [0.2, 0.25) is 0 Å². The molecule has 20 heavy (non-hydrogen) atoms. The van der Waals surface area contributed by atoms with Crippen molar-refractivity contribution in [1.29, 1.82) is 0 Å². The standard InChI is InChI=1S/C13H23N3O4/c1-9(17)11(12(18)19)14-13(20)16-7-6-15-5-3-2-4-10(15)8-16/h9-11,17H,2-8H2,1H3,(H,14,20)(H,18,19)/t9-,10?,11+/m1/s1. The molecule has 2 amide bonds. The molecule has 2 heterocycles. The number of carboxylic acids is 1. The normalized spacial score (nSPS) is 26.5. The molecule has 7 nitrogen and oxygen atoms in total. The van der Waals surface area contributed by atoms with Gasteiger partial charge >= 0.3 is 12.0 Å². The molecule has 2 rings (SSSR count). The molecule has 3 N–H and O–H groups in total. The average molecular weight is 285 g/mol. The van der Waals surface area contributed by atoms with Gasteiger partial charge in [0.25, 0.3) is 0 Å². The minimum Gasteiger partial charge on any atom is -0.480 e. The van der Waals surface area contributed by atoms with Gasteiger partial charge in [-0.3, -0.25) is 4.90 Å². The first-order valence-electron chi connectivity index (χ1n) is 7.19. The van der Waals surface area contributed by atoms with E-state index in [2.05, 4.69) is 10.2 Å². The Morgan fingerprint density at radius 3 is 2.65 bits per heavy atom. The lowest BCUT2D eigenvalue weighted by atomic mass is 10.00. The van der Waals surface area contributed by atoms with E-state index in [1.54, 1.807) is 4.90 Å². The van der Waals surface area contributed by atoms with Gasteiger partial charge in [-0.25, -0.2) is 9.59 Å². The highest BCUT2D eigenvalue weighted by Gasteiger charge is 2.33. The Morgan fingerprint density at radius 1 is 1.25 bits per heavy atom. The Morgan fingerprint density at radius 2 is 2.00 bits per heavy atom. The monoisotopic (exact) mass is 285 g/mol. The molecule has 0 aromatic heterocycles. The topological polar surface area (TPSA) is 93.1 Å². The van der Waals surface area contributed by atoms with Crippen LogP contribution >= 0.6 is 0 Å². The van der Waals surface area contributed by atoms with Crippen LogP contribution in [0.25, 0.3) is 0 Å². The SMILES string of the molecule is C[C@@H](O)[C@H](NC(=O)N1CCN2CCCCC2C1)C(=O)O. The van der Waals surface area contributed by atoms with Crippen molar-refractivity contribution in [3.63, 3.8) is 0 Å². The molecule has 0 spiro atoms. The van der Waals surface area contributed by atoms with E-state index in [0.29, 0.717) is 19.1 Å². The molecule has 0 saturated carbocycles. The molecule has 0 radical (unpaired) electrons. The quantitative estimate of drug-likeness (QED) is 0.662. The summed E-state index contributed by atoms with van der Waals surface area (Å²) in [7, 11) is 0. The number of nitrogens with zero attached hydrogens (tertiary/aromatic N) is 2. The predicted octanol–water partition coefficient (Wildman–Crippen LogP) is -0.300. The molecular formula is C13H23N3O4. The number of aliphatic hydroxyl groups is 1. The van der Waals surface area contributed by atoms with Crippen LogP contribution in [0.3, 0.4) is 0 Å². The van der Waals surface area contributed by atoms with Crippen molar-refractivity contribution in [2.45, 2.75) is 44.4 Å². The highest BCUT2D eigenvalue weighted by molar-refractivity contribution is 5.83. The van der Waals surface area contributed by atoms with Crippen molar-refractivity contribution in [2.24, 2.45) is 0 Å². The second kappa shape index (κ2) is 6.41. The van der Waals surface area contributed by atoms with E-state index in [1.165, 1.54) is 19.8 Å². The number of carboxylic acid groups (broad SMARTS) is 1. The Balaban J connectivity index is 1.91. The number of hydrogen-bond acceptors (Lipinski definition) is 4. The molecular weight excluding hydrogens is 262 g/mol. The third kappa shape index (κ3) is 3.40. The Kier molecular flexibility index (Phi) is 4.82. The van der Waals surface area contributed by atoms with Gasteiger partial charge in [-0.15, -0.1) is 0 Å². The zero-order valence-electron chi connectivity index (χ0n) is 11.8. The van der Waals surface area contributed by atoms with Crippen LogP contribution < -0.4 is 5.32 Å². The number of aliphatic hydroxyl groups excluding tert-OH is 1.